The first-order valence-electron chi connectivity index (χ1n) is 16.0. The number of fused-ring (bicyclic) bond motifs is 2. The van der Waals surface area contributed by atoms with Gasteiger partial charge in [-0.1, -0.05) is 46.8 Å². The number of carbonyl (C=O) groups excluding carboxylic acids is 2. The van der Waals surface area contributed by atoms with Crippen molar-refractivity contribution in [2.24, 2.45) is 35.0 Å². The number of nitrogens with one attached hydrogen (secondary N) is 3. The molecule has 242 valence electrons. The number of hydrogen-bond acceptors (Lipinski definition) is 7. The van der Waals surface area contributed by atoms with Crippen LogP contribution >= 0.6 is 0 Å². The number of anilines is 1. The Morgan fingerprint density at radius 2 is 1.91 bits per heavy atom. The lowest BCUT2D eigenvalue weighted by Gasteiger charge is -2.62. The molecule has 5 rings (SSSR count). The normalized spacial score (nSPS) is 31.4. The van der Waals surface area contributed by atoms with Gasteiger partial charge < -0.3 is 31.1 Å². The van der Waals surface area contributed by atoms with Gasteiger partial charge in [-0.25, -0.2) is 4.79 Å². The van der Waals surface area contributed by atoms with Crippen molar-refractivity contribution in [3.8, 4) is 0 Å². The van der Waals surface area contributed by atoms with Crippen LogP contribution in [0.4, 0.5) is 10.5 Å². The molecule has 43 heavy (non-hydrogen) atoms. The van der Waals surface area contributed by atoms with E-state index in [0.717, 1.165) is 24.9 Å². The second-order valence-electron chi connectivity index (χ2n) is 14.6. The third-order valence-electron chi connectivity index (χ3n) is 10.3. The van der Waals surface area contributed by atoms with Crippen molar-refractivity contribution >= 4 is 17.6 Å². The molecule has 1 aromatic carbocycles. The number of hydroxylamine groups is 2. The summed E-state index contributed by atoms with van der Waals surface area (Å²) in [5, 5.41) is 31.8. The summed E-state index contributed by atoms with van der Waals surface area (Å²) in [5.74, 6) is 1.24. The van der Waals surface area contributed by atoms with Crippen LogP contribution in [0.2, 0.25) is 0 Å². The Labute approximate surface area is 257 Å². The lowest BCUT2D eigenvalue weighted by atomic mass is 9.45. The molecule has 0 aromatic heterocycles. The zero-order chi connectivity index (χ0) is 31.6. The van der Waals surface area contributed by atoms with E-state index in [-0.39, 0.29) is 37.2 Å². The first-order chi connectivity index (χ1) is 20.2. The topological polar surface area (TPSA) is 126 Å². The Morgan fingerprint density at radius 3 is 2.49 bits per heavy atom. The Hall–Kier alpha value is -2.24. The summed E-state index contributed by atoms with van der Waals surface area (Å²) in [6, 6.07) is 6.53. The van der Waals surface area contributed by atoms with Crippen molar-refractivity contribution in [3.63, 3.8) is 0 Å². The molecule has 1 aliphatic heterocycles. The van der Waals surface area contributed by atoms with Crippen molar-refractivity contribution < 1.29 is 24.6 Å². The number of nitrogens with zero attached hydrogens (tertiary/aromatic N) is 2. The SMILES string of the molecule is CC(C)C[C@H](CN(C)C)NC(=O)Nc1cccc(CN2O[C@@H](CO)[C@@H]([C@H](C)O)[C@H]2C(=O)NC2C[C@H]3CC(C2C)C3(C)C)c1. The number of hydrogen-bond donors (Lipinski definition) is 5. The molecule has 0 radical (unpaired) electrons. The van der Waals surface area contributed by atoms with Crippen molar-refractivity contribution in [3.05, 3.63) is 29.8 Å². The maximum atomic E-state index is 13.9. The maximum absolute atomic E-state index is 13.9. The third kappa shape index (κ3) is 7.71. The standard InChI is InChI=1S/C33H55N5O5/c1-19(2)12-25(17-37(7)8)35-32(42)34-24-11-9-10-22(13-24)16-38-30(29(21(4)40)28(18-39)43-38)31(41)36-27-15-23-14-26(20(27)3)33(23,5)6/h9-11,13,19-21,23,25-30,39-40H,12,14-18H2,1-8H3,(H,36,41)(H2,34,35,42)/t20?,21-,23+,25+,26?,27?,28-,29+,30-/m0/s1. The number of benzene rings is 1. The van der Waals surface area contributed by atoms with Crippen LogP contribution in [0.25, 0.3) is 0 Å². The van der Waals surface area contributed by atoms with Crippen LogP contribution in [0.5, 0.6) is 0 Å². The monoisotopic (exact) mass is 601 g/mol. The molecular formula is C33H55N5O5. The highest BCUT2D eigenvalue weighted by Gasteiger charge is 2.57. The van der Waals surface area contributed by atoms with Gasteiger partial charge >= 0.3 is 6.03 Å². The molecule has 3 amide bonds. The minimum atomic E-state index is -0.855. The fourth-order valence-corrected chi connectivity index (χ4v) is 7.95. The fourth-order valence-electron chi connectivity index (χ4n) is 7.95. The van der Waals surface area contributed by atoms with E-state index in [1.165, 1.54) is 6.42 Å². The van der Waals surface area contributed by atoms with E-state index in [1.54, 1.807) is 12.0 Å². The highest BCUT2D eigenvalue weighted by Crippen LogP contribution is 2.61. The molecule has 2 bridgehead atoms. The van der Waals surface area contributed by atoms with Crippen molar-refractivity contribution in [2.45, 2.75) is 97.7 Å². The van der Waals surface area contributed by atoms with Gasteiger partial charge in [0.15, 0.2) is 0 Å². The molecule has 5 N–H and O–H groups in total. The van der Waals surface area contributed by atoms with Gasteiger partial charge in [0.25, 0.3) is 0 Å². The smallest absolute Gasteiger partial charge is 0.319 e. The molecule has 1 saturated heterocycles. The molecular weight excluding hydrogens is 546 g/mol. The number of likely N-dealkylation sites (N-methyl/N-ethyl adjacent to an activating group) is 1. The summed E-state index contributed by atoms with van der Waals surface area (Å²) >= 11 is 0. The summed E-state index contributed by atoms with van der Waals surface area (Å²) in [5.41, 5.74) is 1.77. The van der Waals surface area contributed by atoms with Gasteiger partial charge in [-0.05, 0) is 87.1 Å². The van der Waals surface area contributed by atoms with Crippen LogP contribution in [0.1, 0.15) is 66.4 Å². The Bertz CT molecular complexity index is 1100. The minimum Gasteiger partial charge on any atom is -0.394 e. The molecule has 4 fully saturated rings. The van der Waals surface area contributed by atoms with Gasteiger partial charge in [-0.15, -0.1) is 0 Å². The molecule has 10 heteroatoms. The number of rotatable bonds is 12. The van der Waals surface area contributed by atoms with Crippen molar-refractivity contribution in [1.29, 1.82) is 0 Å². The molecule has 3 aliphatic carbocycles. The van der Waals surface area contributed by atoms with Crippen LogP contribution < -0.4 is 16.0 Å². The summed E-state index contributed by atoms with van der Waals surface area (Å²) in [6.07, 6.45) is 1.49. The van der Waals surface area contributed by atoms with E-state index in [2.05, 4.69) is 55.5 Å². The maximum Gasteiger partial charge on any atom is 0.319 e. The molecule has 1 aromatic rings. The van der Waals surface area contributed by atoms with Gasteiger partial charge in [0, 0.05) is 30.2 Å². The van der Waals surface area contributed by atoms with Gasteiger partial charge in [0.1, 0.15) is 12.1 Å². The highest BCUT2D eigenvalue weighted by molar-refractivity contribution is 5.89. The summed E-state index contributed by atoms with van der Waals surface area (Å²) in [6.45, 7) is 13.5. The van der Waals surface area contributed by atoms with Gasteiger partial charge in [-0.2, -0.15) is 5.06 Å². The first-order valence-corrected chi connectivity index (χ1v) is 16.0. The predicted molar refractivity (Wildman–Crippen MR) is 168 cm³/mol. The summed E-state index contributed by atoms with van der Waals surface area (Å²) < 4.78 is 0. The number of carbonyl (C=O) groups is 2. The van der Waals surface area contributed by atoms with Crippen LogP contribution in [-0.2, 0) is 16.2 Å². The number of amides is 3. The number of aliphatic hydroxyl groups is 2. The van der Waals surface area contributed by atoms with Gasteiger partial charge in [-0.3, -0.25) is 9.63 Å². The van der Waals surface area contributed by atoms with Crippen LogP contribution in [-0.4, -0.2) is 89.7 Å². The van der Waals surface area contributed by atoms with E-state index in [9.17, 15) is 19.8 Å². The Morgan fingerprint density at radius 1 is 1.19 bits per heavy atom. The van der Waals surface area contributed by atoms with Gasteiger partial charge in [0.05, 0.1) is 19.3 Å². The summed E-state index contributed by atoms with van der Waals surface area (Å²) in [4.78, 5) is 34.9. The molecule has 1 heterocycles. The fraction of sp³-hybridized carbons (Fsp3) is 0.758. The second-order valence-corrected chi connectivity index (χ2v) is 14.6. The molecule has 0 spiro atoms. The van der Waals surface area contributed by atoms with E-state index in [4.69, 9.17) is 4.84 Å². The second kappa shape index (κ2) is 13.8. The van der Waals surface area contributed by atoms with Crippen LogP contribution in [0.15, 0.2) is 24.3 Å². The van der Waals surface area contributed by atoms with Crippen LogP contribution in [0.3, 0.4) is 0 Å². The van der Waals surface area contributed by atoms with E-state index >= 15 is 0 Å². The first kappa shape index (κ1) is 33.6. The quantitative estimate of drug-likeness (QED) is 0.249. The third-order valence-corrected chi connectivity index (χ3v) is 10.3. The highest BCUT2D eigenvalue weighted by atomic mass is 16.7. The molecule has 10 nitrogen and oxygen atoms in total. The van der Waals surface area contributed by atoms with Crippen LogP contribution in [0, 0.1) is 35.0 Å². The largest absolute Gasteiger partial charge is 0.394 e. The molecule has 9 atom stereocenters. The summed E-state index contributed by atoms with van der Waals surface area (Å²) in [7, 11) is 3.99. The van der Waals surface area contributed by atoms with E-state index in [0.29, 0.717) is 34.8 Å². The van der Waals surface area contributed by atoms with Crippen molar-refractivity contribution in [1.82, 2.24) is 20.6 Å². The molecule has 3 unspecified atom stereocenters. The number of urea groups is 1. The minimum absolute atomic E-state index is 0.0205. The molecule has 4 aliphatic rings. The van der Waals surface area contributed by atoms with E-state index in [1.807, 2.05) is 38.4 Å². The van der Waals surface area contributed by atoms with Gasteiger partial charge in [0.2, 0.25) is 5.91 Å². The van der Waals surface area contributed by atoms with E-state index < -0.39 is 24.2 Å². The average Bonchev–Trinajstić information content (AvgIpc) is 3.27. The lowest BCUT2D eigenvalue weighted by Crippen LogP contribution is -2.62. The average molecular weight is 602 g/mol. The molecule has 3 saturated carbocycles. The Balaban J connectivity index is 1.45. The predicted octanol–water partition coefficient (Wildman–Crippen LogP) is 3.45. The Kier molecular flexibility index (Phi) is 10.8. The zero-order valence-electron chi connectivity index (χ0n) is 27.3. The zero-order valence-corrected chi connectivity index (χ0v) is 27.3. The number of aliphatic hydroxyl groups excluding tert-OH is 2. The lowest BCUT2D eigenvalue weighted by molar-refractivity contribution is -0.183. The van der Waals surface area contributed by atoms with Crippen molar-refractivity contribution in [2.75, 3.05) is 32.6 Å².